The maximum absolute atomic E-state index is 12.3. The first-order valence-corrected chi connectivity index (χ1v) is 8.26. The highest BCUT2D eigenvalue weighted by atomic mass is 32.2. The molecule has 0 aromatic carbocycles. The van der Waals surface area contributed by atoms with Crippen LogP contribution in [0.1, 0.15) is 56.2 Å². The van der Waals surface area contributed by atoms with Crippen molar-refractivity contribution in [2.75, 3.05) is 11.0 Å². The number of aromatic nitrogens is 2. The molecule has 0 saturated heterocycles. The van der Waals surface area contributed by atoms with Gasteiger partial charge in [0, 0.05) is 29.6 Å². The second kappa shape index (κ2) is 7.40. The lowest BCUT2D eigenvalue weighted by molar-refractivity contribution is 0.0948. The zero-order valence-corrected chi connectivity index (χ0v) is 13.6. The third kappa shape index (κ3) is 3.72. The number of nitrogens with zero attached hydrogens (tertiary/aromatic N) is 2. The van der Waals surface area contributed by atoms with Crippen LogP contribution in [0.2, 0.25) is 0 Å². The summed E-state index contributed by atoms with van der Waals surface area (Å²) in [6.45, 7) is 6.87. The third-order valence-electron chi connectivity index (χ3n) is 3.26. The van der Waals surface area contributed by atoms with Crippen LogP contribution >= 0.6 is 11.9 Å². The van der Waals surface area contributed by atoms with Gasteiger partial charge in [0.25, 0.3) is 5.91 Å². The van der Waals surface area contributed by atoms with Gasteiger partial charge in [-0.25, -0.2) is 4.41 Å². The van der Waals surface area contributed by atoms with E-state index in [0.29, 0.717) is 12.2 Å². The standard InChI is InChI=1S/C14H23N5OS/c1-4-6-7-8-15-14(20)12-13(11(5-2)16-17-12)19-18-10(3)9-21-19/h9,18H,4-8H2,1-3H3,(H,15,20)(H,16,17). The first kappa shape index (κ1) is 15.8. The summed E-state index contributed by atoms with van der Waals surface area (Å²) in [7, 11) is 0. The van der Waals surface area contributed by atoms with Crippen LogP contribution in [0, 0.1) is 0 Å². The average Bonchev–Trinajstić information content (AvgIpc) is 3.08. The summed E-state index contributed by atoms with van der Waals surface area (Å²) in [5.74, 6) is -0.121. The fourth-order valence-corrected chi connectivity index (χ4v) is 2.92. The molecule has 1 aromatic rings. The Kier molecular flexibility index (Phi) is 5.55. The van der Waals surface area contributed by atoms with Crippen molar-refractivity contribution in [2.45, 2.75) is 46.5 Å². The molecule has 1 aliphatic heterocycles. The number of aromatic amines is 1. The Bertz CT molecular complexity index is 525. The highest BCUT2D eigenvalue weighted by molar-refractivity contribution is 8.03. The molecule has 116 valence electrons. The summed E-state index contributed by atoms with van der Waals surface area (Å²) in [6.07, 6.45) is 4.06. The first-order valence-electron chi connectivity index (χ1n) is 7.43. The van der Waals surface area contributed by atoms with Crippen molar-refractivity contribution >= 4 is 23.5 Å². The van der Waals surface area contributed by atoms with Crippen molar-refractivity contribution in [3.8, 4) is 0 Å². The summed E-state index contributed by atoms with van der Waals surface area (Å²) < 4.78 is 1.89. The van der Waals surface area contributed by atoms with E-state index in [0.717, 1.165) is 42.8 Å². The number of hydrazine groups is 1. The smallest absolute Gasteiger partial charge is 0.274 e. The predicted octanol–water partition coefficient (Wildman–Crippen LogP) is 2.73. The molecule has 2 heterocycles. The maximum atomic E-state index is 12.3. The second-order valence-corrected chi connectivity index (χ2v) is 5.84. The molecule has 1 aliphatic rings. The van der Waals surface area contributed by atoms with Crippen molar-refractivity contribution in [2.24, 2.45) is 0 Å². The van der Waals surface area contributed by atoms with Gasteiger partial charge >= 0.3 is 0 Å². The van der Waals surface area contributed by atoms with Gasteiger partial charge < -0.3 is 5.32 Å². The van der Waals surface area contributed by atoms with Crippen molar-refractivity contribution in [3.05, 3.63) is 22.5 Å². The number of hydrogen-bond donors (Lipinski definition) is 3. The molecule has 0 radical (unpaired) electrons. The molecule has 0 aliphatic carbocycles. The predicted molar refractivity (Wildman–Crippen MR) is 86.8 cm³/mol. The molecule has 0 bridgehead atoms. The Labute approximate surface area is 129 Å². The number of hydrogen-bond acceptors (Lipinski definition) is 5. The van der Waals surface area contributed by atoms with Crippen LogP contribution in [0.25, 0.3) is 0 Å². The van der Waals surface area contributed by atoms with Crippen molar-refractivity contribution in [3.63, 3.8) is 0 Å². The van der Waals surface area contributed by atoms with E-state index in [4.69, 9.17) is 0 Å². The average molecular weight is 309 g/mol. The first-order chi connectivity index (χ1) is 10.2. The summed E-state index contributed by atoms with van der Waals surface area (Å²) >= 11 is 1.52. The van der Waals surface area contributed by atoms with Gasteiger partial charge in [-0.05, 0) is 19.8 Å². The zero-order chi connectivity index (χ0) is 15.2. The lowest BCUT2D eigenvalue weighted by atomic mass is 10.2. The Hall–Kier alpha value is -1.63. The van der Waals surface area contributed by atoms with Gasteiger partial charge in [0.1, 0.15) is 5.69 Å². The molecule has 1 amide bonds. The molecule has 2 rings (SSSR count). The van der Waals surface area contributed by atoms with E-state index < -0.39 is 0 Å². The molecule has 1 aromatic heterocycles. The fourth-order valence-electron chi connectivity index (χ4n) is 2.11. The van der Waals surface area contributed by atoms with Gasteiger partial charge in [0.2, 0.25) is 0 Å². The van der Waals surface area contributed by atoms with Crippen LogP contribution in [0.15, 0.2) is 11.1 Å². The highest BCUT2D eigenvalue weighted by Crippen LogP contribution is 2.32. The molecule has 0 atom stereocenters. The number of anilines is 1. The van der Waals surface area contributed by atoms with E-state index >= 15 is 0 Å². The van der Waals surface area contributed by atoms with E-state index in [1.165, 1.54) is 11.9 Å². The molecular weight excluding hydrogens is 286 g/mol. The molecule has 7 heteroatoms. The summed E-state index contributed by atoms with van der Waals surface area (Å²) in [6, 6.07) is 0. The summed E-state index contributed by atoms with van der Waals surface area (Å²) in [4.78, 5) is 12.3. The Morgan fingerprint density at radius 2 is 2.24 bits per heavy atom. The Balaban J connectivity index is 2.08. The minimum Gasteiger partial charge on any atom is -0.351 e. The van der Waals surface area contributed by atoms with Gasteiger partial charge in [0.15, 0.2) is 5.69 Å². The van der Waals surface area contributed by atoms with Gasteiger partial charge in [-0.2, -0.15) is 5.10 Å². The second-order valence-electron chi connectivity index (χ2n) is 5.03. The molecule has 0 saturated carbocycles. The Morgan fingerprint density at radius 1 is 1.43 bits per heavy atom. The maximum Gasteiger partial charge on any atom is 0.274 e. The number of H-pyrrole nitrogens is 1. The van der Waals surface area contributed by atoms with E-state index in [-0.39, 0.29) is 5.91 Å². The van der Waals surface area contributed by atoms with E-state index in [1.54, 1.807) is 0 Å². The molecule has 0 unspecified atom stereocenters. The number of amides is 1. The molecule has 0 spiro atoms. The fraction of sp³-hybridized carbons (Fsp3) is 0.571. The number of allylic oxidation sites excluding steroid dienone is 1. The Morgan fingerprint density at radius 3 is 2.86 bits per heavy atom. The number of nitrogens with one attached hydrogen (secondary N) is 3. The summed E-state index contributed by atoms with van der Waals surface area (Å²) in [5, 5.41) is 12.1. The largest absolute Gasteiger partial charge is 0.351 e. The zero-order valence-electron chi connectivity index (χ0n) is 12.8. The van der Waals surface area contributed by atoms with Crippen molar-refractivity contribution in [1.82, 2.24) is 20.9 Å². The lowest BCUT2D eigenvalue weighted by Crippen LogP contribution is -2.30. The molecular formula is C14H23N5OS. The van der Waals surface area contributed by atoms with Crippen molar-refractivity contribution < 1.29 is 4.79 Å². The number of carbonyl (C=O) groups excluding carboxylic acids is 1. The van der Waals surface area contributed by atoms with Crippen LogP contribution in [0.5, 0.6) is 0 Å². The number of unbranched alkanes of at least 4 members (excludes halogenated alkanes) is 2. The van der Waals surface area contributed by atoms with E-state index in [1.807, 2.05) is 23.7 Å². The monoisotopic (exact) mass is 309 g/mol. The van der Waals surface area contributed by atoms with Gasteiger partial charge in [0.05, 0.1) is 5.69 Å². The minimum absolute atomic E-state index is 0.121. The lowest BCUT2D eigenvalue weighted by Gasteiger charge is -2.18. The molecule has 0 fully saturated rings. The summed E-state index contributed by atoms with van der Waals surface area (Å²) in [5.41, 5.74) is 6.50. The van der Waals surface area contributed by atoms with Gasteiger partial charge in [-0.1, -0.05) is 26.7 Å². The van der Waals surface area contributed by atoms with Crippen molar-refractivity contribution in [1.29, 1.82) is 0 Å². The topological polar surface area (TPSA) is 73.0 Å². The third-order valence-corrected chi connectivity index (χ3v) is 4.21. The normalized spacial score (nSPS) is 14.0. The van der Waals surface area contributed by atoms with Gasteiger partial charge in [-0.3, -0.25) is 15.3 Å². The van der Waals surface area contributed by atoms with Crippen LogP contribution in [-0.4, -0.2) is 22.6 Å². The molecule has 6 nitrogen and oxygen atoms in total. The quantitative estimate of drug-likeness (QED) is 0.533. The highest BCUT2D eigenvalue weighted by Gasteiger charge is 2.26. The van der Waals surface area contributed by atoms with Crippen LogP contribution in [0.3, 0.4) is 0 Å². The van der Waals surface area contributed by atoms with Gasteiger partial charge in [-0.15, -0.1) is 0 Å². The van der Waals surface area contributed by atoms with Crippen LogP contribution in [-0.2, 0) is 6.42 Å². The number of carbonyl (C=O) groups is 1. The SMILES string of the molecule is CCCCCNC(=O)c1n[nH]c(CC)c1N1NC(C)=CS1. The minimum atomic E-state index is -0.121. The van der Waals surface area contributed by atoms with E-state index in [9.17, 15) is 4.79 Å². The number of rotatable bonds is 7. The van der Waals surface area contributed by atoms with E-state index in [2.05, 4.69) is 27.9 Å². The number of aryl methyl sites for hydroxylation is 1. The molecule has 21 heavy (non-hydrogen) atoms. The molecule has 3 N–H and O–H groups in total. The van der Waals surface area contributed by atoms with Crippen LogP contribution < -0.4 is 15.2 Å². The van der Waals surface area contributed by atoms with Crippen LogP contribution in [0.4, 0.5) is 5.69 Å².